The summed E-state index contributed by atoms with van der Waals surface area (Å²) >= 11 is 0. The highest BCUT2D eigenvalue weighted by Gasteiger charge is 2.35. The molecule has 0 saturated heterocycles. The topological polar surface area (TPSA) is 88.6 Å². The van der Waals surface area contributed by atoms with Gasteiger partial charge in [-0.05, 0) is 54.9 Å². The number of H-pyrrole nitrogens is 1. The van der Waals surface area contributed by atoms with Gasteiger partial charge in [-0.1, -0.05) is 27.2 Å². The molecule has 2 N–H and O–H groups in total. The number of aromatic amines is 1. The van der Waals surface area contributed by atoms with Crippen LogP contribution < -0.4 is 15.0 Å². The molecule has 6 nitrogen and oxygen atoms in total. The summed E-state index contributed by atoms with van der Waals surface area (Å²) in [5.74, 6) is -0.00101. The number of carboxylic acids is 1. The fraction of sp³-hybridized carbons (Fsp3) is 0.478. The molecule has 0 amide bonds. The van der Waals surface area contributed by atoms with Gasteiger partial charge in [0.05, 0.1) is 19.4 Å². The van der Waals surface area contributed by atoms with Gasteiger partial charge in [0, 0.05) is 11.1 Å². The lowest BCUT2D eigenvalue weighted by Gasteiger charge is -2.32. The van der Waals surface area contributed by atoms with E-state index in [1.807, 2.05) is 13.0 Å². The van der Waals surface area contributed by atoms with Crippen molar-refractivity contribution in [3.05, 3.63) is 44.7 Å². The second kappa shape index (κ2) is 8.31. The van der Waals surface area contributed by atoms with Crippen molar-refractivity contribution >= 4 is 5.97 Å². The fourth-order valence-electron chi connectivity index (χ4n) is 4.09. The molecule has 1 aliphatic carbocycles. The van der Waals surface area contributed by atoms with Gasteiger partial charge in [-0.2, -0.15) is 0 Å². The molecule has 1 unspecified atom stereocenters. The third-order valence-corrected chi connectivity index (χ3v) is 5.67. The number of methoxy groups -OCH3 is 1. The molecule has 1 aliphatic rings. The largest absolute Gasteiger partial charge is 0.495 e. The summed E-state index contributed by atoms with van der Waals surface area (Å²) in [7, 11) is 1.42. The monoisotopic (exact) mass is 399 g/mol. The minimum Gasteiger partial charge on any atom is -0.495 e. The number of nitrogens with one attached hydrogen (secondary N) is 1. The third kappa shape index (κ3) is 3.76. The number of unbranched alkanes of at least 4 members (excludes halogenated alkanes) is 1. The second-order valence-corrected chi connectivity index (χ2v) is 7.99. The Morgan fingerprint density at radius 3 is 2.66 bits per heavy atom. The van der Waals surface area contributed by atoms with Gasteiger partial charge < -0.3 is 19.6 Å². The van der Waals surface area contributed by atoms with E-state index in [0.717, 1.165) is 47.3 Å². The van der Waals surface area contributed by atoms with Crippen LogP contribution in [0.3, 0.4) is 0 Å². The number of carbonyl (C=O) groups is 1. The van der Waals surface area contributed by atoms with Crippen molar-refractivity contribution in [2.24, 2.45) is 5.92 Å². The van der Waals surface area contributed by atoms with Gasteiger partial charge >= 0.3 is 5.97 Å². The van der Waals surface area contributed by atoms with Gasteiger partial charge in [0.15, 0.2) is 5.56 Å². The number of aryl methyl sites for hydroxylation is 1. The van der Waals surface area contributed by atoms with Crippen LogP contribution in [0.2, 0.25) is 0 Å². The van der Waals surface area contributed by atoms with Crippen LogP contribution in [0.4, 0.5) is 0 Å². The van der Waals surface area contributed by atoms with E-state index < -0.39 is 11.5 Å². The van der Waals surface area contributed by atoms with Gasteiger partial charge in [0.25, 0.3) is 5.56 Å². The Labute approximate surface area is 170 Å². The summed E-state index contributed by atoms with van der Waals surface area (Å²) in [5.41, 5.74) is 3.42. The van der Waals surface area contributed by atoms with Crippen molar-refractivity contribution in [1.29, 1.82) is 0 Å². The zero-order chi connectivity index (χ0) is 21.3. The molecule has 0 radical (unpaired) electrons. The molecule has 0 fully saturated rings. The number of fused-ring (bicyclic) bond motifs is 3. The Balaban J connectivity index is 2.24. The zero-order valence-corrected chi connectivity index (χ0v) is 17.7. The summed E-state index contributed by atoms with van der Waals surface area (Å²) in [6.07, 6.45) is 2.79. The van der Waals surface area contributed by atoms with Crippen LogP contribution in [0.25, 0.3) is 11.3 Å². The van der Waals surface area contributed by atoms with E-state index in [-0.39, 0.29) is 23.1 Å². The smallest absolute Gasteiger partial charge is 0.345 e. The first-order valence-electron chi connectivity index (χ1n) is 10.1. The van der Waals surface area contributed by atoms with E-state index in [4.69, 9.17) is 9.47 Å². The van der Waals surface area contributed by atoms with Crippen molar-refractivity contribution in [3.8, 4) is 22.8 Å². The maximum atomic E-state index is 12.6. The van der Waals surface area contributed by atoms with E-state index in [1.54, 1.807) is 0 Å². The average Bonchev–Trinajstić information content (AvgIpc) is 2.66. The number of aromatic carboxylic acids is 1. The van der Waals surface area contributed by atoms with Crippen molar-refractivity contribution in [1.82, 2.24) is 4.98 Å². The molecule has 29 heavy (non-hydrogen) atoms. The molecule has 1 atom stereocenters. The first-order valence-corrected chi connectivity index (χ1v) is 10.1. The molecule has 6 heteroatoms. The van der Waals surface area contributed by atoms with Crippen LogP contribution in [-0.2, 0) is 6.42 Å². The molecular formula is C23H29NO5. The maximum Gasteiger partial charge on any atom is 0.345 e. The maximum absolute atomic E-state index is 12.6. The molecule has 0 saturated carbocycles. The quantitative estimate of drug-likeness (QED) is 0.668. The van der Waals surface area contributed by atoms with E-state index >= 15 is 0 Å². The van der Waals surface area contributed by atoms with Crippen molar-refractivity contribution in [2.45, 2.75) is 52.9 Å². The molecule has 2 aromatic rings. The SMILES string of the molecule is CCCCOc1cc2c(cc1C)-c1[nH]c(=O)c(C(=O)O)c(OC)c1C(C(C)C)C2. The van der Waals surface area contributed by atoms with Gasteiger partial charge in [-0.3, -0.25) is 4.79 Å². The average molecular weight is 399 g/mol. The normalized spacial score (nSPS) is 15.0. The lowest BCUT2D eigenvalue weighted by molar-refractivity contribution is 0.0691. The summed E-state index contributed by atoms with van der Waals surface area (Å²) in [6.45, 7) is 8.97. The summed E-state index contributed by atoms with van der Waals surface area (Å²) in [4.78, 5) is 27.1. The lowest BCUT2D eigenvalue weighted by atomic mass is 9.74. The summed E-state index contributed by atoms with van der Waals surface area (Å²) < 4.78 is 11.4. The highest BCUT2D eigenvalue weighted by atomic mass is 16.5. The molecule has 0 spiro atoms. The van der Waals surface area contributed by atoms with E-state index in [9.17, 15) is 14.7 Å². The Morgan fingerprint density at radius 2 is 2.07 bits per heavy atom. The van der Waals surface area contributed by atoms with E-state index in [1.165, 1.54) is 7.11 Å². The number of hydrogen-bond acceptors (Lipinski definition) is 4. The summed E-state index contributed by atoms with van der Waals surface area (Å²) in [5, 5.41) is 9.57. The predicted molar refractivity (Wildman–Crippen MR) is 112 cm³/mol. The number of rotatable bonds is 7. The fourth-order valence-corrected chi connectivity index (χ4v) is 4.09. The number of ether oxygens (including phenoxy) is 2. The minimum atomic E-state index is -1.28. The van der Waals surface area contributed by atoms with Crippen LogP contribution in [0.5, 0.6) is 11.5 Å². The van der Waals surface area contributed by atoms with Crippen LogP contribution in [0.15, 0.2) is 16.9 Å². The Morgan fingerprint density at radius 1 is 1.34 bits per heavy atom. The van der Waals surface area contributed by atoms with E-state index in [2.05, 4.69) is 31.8 Å². The van der Waals surface area contributed by atoms with Gasteiger partial charge in [-0.25, -0.2) is 4.79 Å². The molecule has 0 bridgehead atoms. The highest BCUT2D eigenvalue weighted by molar-refractivity contribution is 5.92. The standard InChI is InChI=1S/C23H29NO5/c1-6-7-8-29-17-11-14-10-15(12(2)3)18-20(16(14)9-13(17)4)24-22(25)19(23(26)27)21(18)28-5/h9,11-12,15H,6-8,10H2,1-5H3,(H,24,25)(H,26,27). The minimum absolute atomic E-state index is 0.0218. The van der Waals surface area contributed by atoms with Crippen LogP contribution in [0.1, 0.15) is 66.6 Å². The second-order valence-electron chi connectivity index (χ2n) is 7.99. The molecule has 0 aliphatic heterocycles. The Kier molecular flexibility index (Phi) is 6.01. The summed E-state index contributed by atoms with van der Waals surface area (Å²) in [6, 6.07) is 4.08. The predicted octanol–water partition coefficient (Wildman–Crippen LogP) is 4.53. The Hall–Kier alpha value is -2.76. The van der Waals surface area contributed by atoms with Crippen LogP contribution >= 0.6 is 0 Å². The first kappa shape index (κ1) is 21.0. The third-order valence-electron chi connectivity index (χ3n) is 5.67. The zero-order valence-electron chi connectivity index (χ0n) is 17.7. The number of benzene rings is 1. The van der Waals surface area contributed by atoms with Crippen molar-refractivity contribution < 1.29 is 19.4 Å². The van der Waals surface area contributed by atoms with Crippen molar-refractivity contribution in [2.75, 3.05) is 13.7 Å². The number of aromatic nitrogens is 1. The van der Waals surface area contributed by atoms with Crippen LogP contribution in [0, 0.1) is 12.8 Å². The van der Waals surface area contributed by atoms with Gasteiger partial charge in [0.2, 0.25) is 0 Å². The van der Waals surface area contributed by atoms with Gasteiger partial charge in [0.1, 0.15) is 11.5 Å². The van der Waals surface area contributed by atoms with Crippen LogP contribution in [-0.4, -0.2) is 29.8 Å². The molecule has 1 aromatic carbocycles. The molecular weight excluding hydrogens is 370 g/mol. The van der Waals surface area contributed by atoms with Crippen molar-refractivity contribution in [3.63, 3.8) is 0 Å². The molecule has 3 rings (SSSR count). The molecule has 1 heterocycles. The van der Waals surface area contributed by atoms with E-state index in [0.29, 0.717) is 12.3 Å². The number of pyridine rings is 1. The number of hydrogen-bond donors (Lipinski definition) is 2. The highest BCUT2D eigenvalue weighted by Crippen LogP contribution is 2.47. The molecule has 1 aromatic heterocycles. The number of carboxylic acid groups (broad SMARTS) is 1. The van der Waals surface area contributed by atoms with Gasteiger partial charge in [-0.15, -0.1) is 0 Å². The Bertz CT molecular complexity index is 990. The first-order chi connectivity index (χ1) is 13.8. The lowest BCUT2D eigenvalue weighted by Crippen LogP contribution is -2.26. The molecule has 156 valence electrons.